The first-order valence-corrected chi connectivity index (χ1v) is 7.30. The van der Waals surface area contributed by atoms with Crippen LogP contribution in [-0.2, 0) is 11.2 Å². The Labute approximate surface area is 118 Å². The number of amides is 1. The Morgan fingerprint density at radius 3 is 2.79 bits per heavy atom. The highest BCUT2D eigenvalue weighted by molar-refractivity contribution is 6.17. The molecule has 0 saturated carbocycles. The number of piperidine rings is 1. The minimum Gasteiger partial charge on any atom is -0.342 e. The Kier molecular flexibility index (Phi) is 5.20. The van der Waals surface area contributed by atoms with Gasteiger partial charge in [-0.1, -0.05) is 12.1 Å². The number of rotatable bonds is 4. The van der Waals surface area contributed by atoms with Crippen LogP contribution in [0.5, 0.6) is 0 Å². The van der Waals surface area contributed by atoms with Crippen molar-refractivity contribution in [1.29, 1.82) is 0 Å². The van der Waals surface area contributed by atoms with Crippen LogP contribution in [0.15, 0.2) is 24.3 Å². The summed E-state index contributed by atoms with van der Waals surface area (Å²) in [5, 5.41) is 0. The summed E-state index contributed by atoms with van der Waals surface area (Å²) in [7, 11) is 0. The molecule has 1 aromatic rings. The van der Waals surface area contributed by atoms with Crippen LogP contribution in [0.3, 0.4) is 0 Å². The smallest absolute Gasteiger partial charge is 0.226 e. The second kappa shape index (κ2) is 6.90. The molecule has 0 aliphatic carbocycles. The molecule has 1 aliphatic heterocycles. The topological polar surface area (TPSA) is 20.3 Å². The molecule has 0 spiro atoms. The summed E-state index contributed by atoms with van der Waals surface area (Å²) in [4.78, 5) is 14.1. The van der Waals surface area contributed by atoms with Crippen LogP contribution < -0.4 is 0 Å². The Balaban J connectivity index is 1.90. The van der Waals surface area contributed by atoms with Gasteiger partial charge in [0, 0.05) is 19.0 Å². The summed E-state index contributed by atoms with van der Waals surface area (Å²) in [5.41, 5.74) is 0.867. The fourth-order valence-corrected chi connectivity index (χ4v) is 2.88. The molecule has 19 heavy (non-hydrogen) atoms. The highest BCUT2D eigenvalue weighted by Gasteiger charge is 2.23. The zero-order chi connectivity index (χ0) is 13.7. The first-order chi connectivity index (χ1) is 9.19. The van der Waals surface area contributed by atoms with Gasteiger partial charge in [-0.3, -0.25) is 4.79 Å². The predicted octanol–water partition coefficient (Wildman–Crippen LogP) is 3.24. The first-order valence-electron chi connectivity index (χ1n) is 6.77. The van der Waals surface area contributed by atoms with E-state index >= 15 is 0 Å². The van der Waals surface area contributed by atoms with E-state index in [0.717, 1.165) is 37.9 Å². The standard InChI is InChI=1S/C15H19ClFNO/c16-8-7-13-2-1-9-18(11-13)15(19)10-12-3-5-14(17)6-4-12/h3-6,13H,1-2,7-11H2. The third-order valence-electron chi connectivity index (χ3n) is 3.66. The molecule has 0 radical (unpaired) electrons. The van der Waals surface area contributed by atoms with Crippen LogP contribution in [0, 0.1) is 11.7 Å². The van der Waals surface area contributed by atoms with Gasteiger partial charge in [-0.25, -0.2) is 4.39 Å². The minimum atomic E-state index is -0.267. The van der Waals surface area contributed by atoms with Crippen molar-refractivity contribution in [1.82, 2.24) is 4.90 Å². The lowest BCUT2D eigenvalue weighted by Crippen LogP contribution is -2.40. The Morgan fingerprint density at radius 1 is 1.37 bits per heavy atom. The van der Waals surface area contributed by atoms with E-state index in [-0.39, 0.29) is 11.7 Å². The van der Waals surface area contributed by atoms with Crippen molar-refractivity contribution < 1.29 is 9.18 Å². The van der Waals surface area contributed by atoms with Crippen LogP contribution in [-0.4, -0.2) is 29.8 Å². The molecular weight excluding hydrogens is 265 g/mol. The first kappa shape index (κ1) is 14.3. The van der Waals surface area contributed by atoms with Gasteiger partial charge >= 0.3 is 0 Å². The van der Waals surface area contributed by atoms with Crippen LogP contribution in [0.2, 0.25) is 0 Å². The Hall–Kier alpha value is -1.09. The summed E-state index contributed by atoms with van der Waals surface area (Å²) in [6.07, 6.45) is 3.54. The van der Waals surface area contributed by atoms with Gasteiger partial charge in [-0.2, -0.15) is 0 Å². The van der Waals surface area contributed by atoms with Gasteiger partial charge in [0.05, 0.1) is 6.42 Å². The molecule has 0 bridgehead atoms. The molecule has 1 aromatic carbocycles. The number of halogens is 2. The van der Waals surface area contributed by atoms with Crippen molar-refractivity contribution in [3.8, 4) is 0 Å². The molecule has 0 aromatic heterocycles. The van der Waals surface area contributed by atoms with E-state index in [4.69, 9.17) is 11.6 Å². The third kappa shape index (κ3) is 4.20. The number of carbonyl (C=O) groups excluding carboxylic acids is 1. The summed E-state index contributed by atoms with van der Waals surface area (Å²) in [6, 6.07) is 6.14. The van der Waals surface area contributed by atoms with Crippen LogP contribution >= 0.6 is 11.6 Å². The second-order valence-electron chi connectivity index (χ2n) is 5.13. The number of hydrogen-bond acceptors (Lipinski definition) is 1. The number of nitrogens with zero attached hydrogens (tertiary/aromatic N) is 1. The van der Waals surface area contributed by atoms with Gasteiger partial charge in [-0.05, 0) is 42.9 Å². The van der Waals surface area contributed by atoms with Crippen LogP contribution in [0.25, 0.3) is 0 Å². The van der Waals surface area contributed by atoms with E-state index in [0.29, 0.717) is 18.2 Å². The van der Waals surface area contributed by atoms with Crippen molar-refractivity contribution in [2.24, 2.45) is 5.92 Å². The molecule has 1 aliphatic rings. The average molecular weight is 284 g/mol. The largest absolute Gasteiger partial charge is 0.342 e. The van der Waals surface area contributed by atoms with E-state index in [9.17, 15) is 9.18 Å². The molecule has 1 saturated heterocycles. The predicted molar refractivity (Wildman–Crippen MR) is 74.7 cm³/mol. The minimum absolute atomic E-state index is 0.130. The molecule has 1 fully saturated rings. The van der Waals surface area contributed by atoms with Gasteiger partial charge in [0.2, 0.25) is 5.91 Å². The molecule has 4 heteroatoms. The Bertz CT molecular complexity index is 419. The molecule has 2 nitrogen and oxygen atoms in total. The number of hydrogen-bond donors (Lipinski definition) is 0. The van der Waals surface area contributed by atoms with Gasteiger partial charge in [0.25, 0.3) is 0 Å². The third-order valence-corrected chi connectivity index (χ3v) is 3.88. The highest BCUT2D eigenvalue weighted by atomic mass is 35.5. The molecule has 1 heterocycles. The highest BCUT2D eigenvalue weighted by Crippen LogP contribution is 2.20. The van der Waals surface area contributed by atoms with E-state index in [1.165, 1.54) is 12.1 Å². The summed E-state index contributed by atoms with van der Waals surface area (Å²) < 4.78 is 12.8. The molecular formula is C15H19ClFNO. The normalized spacial score (nSPS) is 19.5. The molecule has 0 N–H and O–H groups in total. The SMILES string of the molecule is O=C(Cc1ccc(F)cc1)N1CCCC(CCCl)C1. The lowest BCUT2D eigenvalue weighted by Gasteiger charge is -2.32. The van der Waals surface area contributed by atoms with Crippen molar-refractivity contribution in [3.63, 3.8) is 0 Å². The monoisotopic (exact) mass is 283 g/mol. The fourth-order valence-electron chi connectivity index (χ4n) is 2.57. The van der Waals surface area contributed by atoms with Gasteiger partial charge in [0.1, 0.15) is 5.82 Å². The summed E-state index contributed by atoms with van der Waals surface area (Å²) in [6.45, 7) is 1.64. The summed E-state index contributed by atoms with van der Waals surface area (Å²) >= 11 is 5.77. The van der Waals surface area contributed by atoms with E-state index in [2.05, 4.69) is 0 Å². The van der Waals surface area contributed by atoms with E-state index in [1.807, 2.05) is 4.90 Å². The number of carbonyl (C=O) groups is 1. The van der Waals surface area contributed by atoms with Crippen molar-refractivity contribution in [2.45, 2.75) is 25.7 Å². The zero-order valence-electron chi connectivity index (χ0n) is 10.9. The van der Waals surface area contributed by atoms with Crippen molar-refractivity contribution >= 4 is 17.5 Å². The zero-order valence-corrected chi connectivity index (χ0v) is 11.7. The molecule has 2 rings (SSSR count). The van der Waals surface area contributed by atoms with Crippen molar-refractivity contribution in [2.75, 3.05) is 19.0 Å². The lowest BCUT2D eigenvalue weighted by molar-refractivity contribution is -0.132. The number of benzene rings is 1. The molecule has 1 amide bonds. The molecule has 1 unspecified atom stereocenters. The van der Waals surface area contributed by atoms with Gasteiger partial charge in [0.15, 0.2) is 0 Å². The second-order valence-corrected chi connectivity index (χ2v) is 5.51. The lowest BCUT2D eigenvalue weighted by atomic mass is 9.95. The fraction of sp³-hybridized carbons (Fsp3) is 0.533. The molecule has 104 valence electrons. The number of likely N-dealkylation sites (tertiary alicyclic amines) is 1. The van der Waals surface area contributed by atoms with E-state index in [1.54, 1.807) is 12.1 Å². The van der Waals surface area contributed by atoms with Gasteiger partial charge < -0.3 is 4.90 Å². The van der Waals surface area contributed by atoms with Crippen LogP contribution in [0.4, 0.5) is 4.39 Å². The average Bonchev–Trinajstić information content (AvgIpc) is 2.42. The maximum absolute atomic E-state index is 12.8. The van der Waals surface area contributed by atoms with Crippen molar-refractivity contribution in [3.05, 3.63) is 35.6 Å². The maximum Gasteiger partial charge on any atom is 0.226 e. The summed E-state index contributed by atoms with van der Waals surface area (Å²) in [5.74, 6) is 1.05. The quantitative estimate of drug-likeness (QED) is 0.777. The maximum atomic E-state index is 12.8. The van der Waals surface area contributed by atoms with Gasteiger partial charge in [-0.15, -0.1) is 11.6 Å². The molecule has 1 atom stereocenters. The van der Waals surface area contributed by atoms with Crippen LogP contribution in [0.1, 0.15) is 24.8 Å². The Morgan fingerprint density at radius 2 is 2.11 bits per heavy atom. The van der Waals surface area contributed by atoms with E-state index < -0.39 is 0 Å². The number of alkyl halides is 1.